The lowest BCUT2D eigenvalue weighted by atomic mass is 9.99. The predicted octanol–water partition coefficient (Wildman–Crippen LogP) is 2.97. The van der Waals surface area contributed by atoms with E-state index in [4.69, 9.17) is 0 Å². The van der Waals surface area contributed by atoms with Crippen molar-refractivity contribution >= 4 is 17.2 Å². The Labute approximate surface area is 132 Å². The van der Waals surface area contributed by atoms with E-state index in [1.54, 1.807) is 11.8 Å². The molecule has 1 aromatic heterocycles. The van der Waals surface area contributed by atoms with Crippen molar-refractivity contribution in [1.82, 2.24) is 9.80 Å². The van der Waals surface area contributed by atoms with E-state index >= 15 is 0 Å². The molecule has 0 radical (unpaired) electrons. The molecule has 2 aliphatic heterocycles. The minimum Gasteiger partial charge on any atom is -0.433 e. The van der Waals surface area contributed by atoms with Gasteiger partial charge in [-0.1, -0.05) is 6.42 Å². The minimum atomic E-state index is -2.91. The quantitative estimate of drug-likeness (QED) is 0.854. The van der Waals surface area contributed by atoms with Crippen LogP contribution in [0.3, 0.4) is 0 Å². The average molecular weight is 330 g/mol. The molecule has 0 N–H and O–H groups in total. The highest BCUT2D eigenvalue weighted by molar-refractivity contribution is 7.14. The third-order valence-electron chi connectivity index (χ3n) is 4.36. The van der Waals surface area contributed by atoms with E-state index < -0.39 is 6.61 Å². The van der Waals surface area contributed by atoms with Crippen LogP contribution >= 0.6 is 11.3 Å². The summed E-state index contributed by atoms with van der Waals surface area (Å²) in [4.78, 5) is 18.0. The Bertz CT molecular complexity index is 550. The van der Waals surface area contributed by atoms with Gasteiger partial charge in [0.2, 0.25) is 0 Å². The number of carbonyl (C=O) groups is 1. The summed E-state index contributed by atoms with van der Waals surface area (Å²) in [5.74, 6) is -0.174. The van der Waals surface area contributed by atoms with Gasteiger partial charge in [0.05, 0.1) is 0 Å². The molecule has 2 aliphatic rings. The first-order valence-corrected chi connectivity index (χ1v) is 8.45. The van der Waals surface area contributed by atoms with E-state index in [2.05, 4.69) is 9.64 Å². The summed E-state index contributed by atoms with van der Waals surface area (Å²) in [6.45, 7) is 2.19. The molecule has 1 amide bonds. The number of amides is 1. The van der Waals surface area contributed by atoms with Gasteiger partial charge in [0.15, 0.2) is 0 Å². The summed E-state index contributed by atoms with van der Waals surface area (Å²) in [5.41, 5.74) is 0. The smallest absolute Gasteiger partial charge is 0.387 e. The molecule has 3 rings (SSSR count). The van der Waals surface area contributed by atoms with Crippen LogP contribution in [-0.4, -0.2) is 54.5 Å². The lowest BCUT2D eigenvalue weighted by Gasteiger charge is -2.43. The van der Waals surface area contributed by atoms with Gasteiger partial charge >= 0.3 is 6.61 Å². The van der Waals surface area contributed by atoms with Crippen LogP contribution < -0.4 is 4.74 Å². The number of alkyl halides is 2. The lowest BCUT2D eigenvalue weighted by Crippen LogP contribution is -2.56. The second kappa shape index (κ2) is 6.50. The maximum Gasteiger partial charge on any atom is 0.387 e. The van der Waals surface area contributed by atoms with Gasteiger partial charge in [-0.3, -0.25) is 9.69 Å². The number of hydrogen-bond acceptors (Lipinski definition) is 4. The number of thiophene rings is 1. The van der Waals surface area contributed by atoms with Crippen LogP contribution in [0.4, 0.5) is 8.78 Å². The molecule has 0 aromatic carbocycles. The molecule has 22 heavy (non-hydrogen) atoms. The highest BCUT2D eigenvalue weighted by Crippen LogP contribution is 2.32. The first-order valence-electron chi connectivity index (χ1n) is 7.63. The van der Waals surface area contributed by atoms with Crippen LogP contribution in [0.15, 0.2) is 6.07 Å². The van der Waals surface area contributed by atoms with Crippen LogP contribution in [0.5, 0.6) is 5.75 Å². The van der Waals surface area contributed by atoms with Gasteiger partial charge in [0, 0.05) is 30.6 Å². The van der Waals surface area contributed by atoms with Crippen molar-refractivity contribution < 1.29 is 18.3 Å². The summed E-state index contributed by atoms with van der Waals surface area (Å²) in [5, 5.41) is 0. The van der Waals surface area contributed by atoms with Crippen LogP contribution in [0, 0.1) is 6.92 Å². The second-order valence-corrected chi connectivity index (χ2v) is 7.12. The zero-order valence-electron chi connectivity index (χ0n) is 12.6. The number of halogens is 2. The van der Waals surface area contributed by atoms with Gasteiger partial charge < -0.3 is 9.64 Å². The van der Waals surface area contributed by atoms with Crippen molar-refractivity contribution in [3.05, 3.63) is 15.8 Å². The summed E-state index contributed by atoms with van der Waals surface area (Å²) in [6, 6.07) is 1.92. The second-order valence-electron chi connectivity index (χ2n) is 5.87. The number of aryl methyl sites for hydroxylation is 1. The zero-order chi connectivity index (χ0) is 15.7. The number of fused-ring (bicyclic) bond motifs is 1. The van der Waals surface area contributed by atoms with Gasteiger partial charge in [0.25, 0.3) is 5.91 Å². The molecule has 7 heteroatoms. The van der Waals surface area contributed by atoms with Gasteiger partial charge in [-0.2, -0.15) is 8.78 Å². The topological polar surface area (TPSA) is 32.8 Å². The Morgan fingerprint density at radius 1 is 1.36 bits per heavy atom. The number of rotatable bonds is 3. The van der Waals surface area contributed by atoms with E-state index in [9.17, 15) is 13.6 Å². The number of hydrogen-bond donors (Lipinski definition) is 0. The largest absolute Gasteiger partial charge is 0.433 e. The maximum absolute atomic E-state index is 12.7. The highest BCUT2D eigenvalue weighted by atomic mass is 32.1. The van der Waals surface area contributed by atoms with E-state index in [1.807, 2.05) is 0 Å². The maximum atomic E-state index is 12.7. The van der Waals surface area contributed by atoms with E-state index in [0.29, 0.717) is 24.0 Å². The first-order chi connectivity index (χ1) is 10.5. The molecule has 3 heterocycles. The Hall–Kier alpha value is -1.21. The van der Waals surface area contributed by atoms with Gasteiger partial charge in [0.1, 0.15) is 10.6 Å². The summed E-state index contributed by atoms with van der Waals surface area (Å²) >= 11 is 1.22. The van der Waals surface area contributed by atoms with Crippen molar-refractivity contribution in [2.24, 2.45) is 0 Å². The number of piperazine rings is 1. The molecular formula is C15H20F2N2O2S. The normalized spacial score (nSPS) is 22.7. The predicted molar refractivity (Wildman–Crippen MR) is 80.8 cm³/mol. The van der Waals surface area contributed by atoms with Crippen molar-refractivity contribution in [2.75, 3.05) is 26.2 Å². The van der Waals surface area contributed by atoms with Crippen LogP contribution in [0.25, 0.3) is 0 Å². The SMILES string of the molecule is Cc1cc(OC(F)F)c(C(=O)N2CCN3CCCCC3C2)s1. The van der Waals surface area contributed by atoms with E-state index in [0.717, 1.165) is 24.4 Å². The summed E-state index contributed by atoms with van der Waals surface area (Å²) in [7, 11) is 0. The fraction of sp³-hybridized carbons (Fsp3) is 0.667. The fourth-order valence-electron chi connectivity index (χ4n) is 3.31. The van der Waals surface area contributed by atoms with Crippen LogP contribution in [0.1, 0.15) is 33.8 Å². The molecule has 4 nitrogen and oxygen atoms in total. The van der Waals surface area contributed by atoms with Crippen molar-refractivity contribution in [2.45, 2.75) is 38.8 Å². The highest BCUT2D eigenvalue weighted by Gasteiger charge is 2.33. The van der Waals surface area contributed by atoms with Gasteiger partial charge in [-0.05, 0) is 32.4 Å². The lowest BCUT2D eigenvalue weighted by molar-refractivity contribution is -0.0500. The van der Waals surface area contributed by atoms with Crippen molar-refractivity contribution in [3.8, 4) is 5.75 Å². The summed E-state index contributed by atoms with van der Waals surface area (Å²) in [6.07, 6.45) is 3.52. The monoisotopic (exact) mass is 330 g/mol. The standard InChI is InChI=1S/C15H20F2N2O2S/c1-10-8-12(21-15(16)17)13(22-10)14(20)19-7-6-18-5-3-2-4-11(18)9-19/h8,11,15H,2-7,9H2,1H3. The van der Waals surface area contributed by atoms with Gasteiger partial charge in [-0.25, -0.2) is 0 Å². The molecule has 0 bridgehead atoms. The van der Waals surface area contributed by atoms with Gasteiger partial charge in [-0.15, -0.1) is 11.3 Å². The van der Waals surface area contributed by atoms with E-state index in [-0.39, 0.29) is 11.7 Å². The average Bonchev–Trinajstić information content (AvgIpc) is 2.85. The molecule has 1 atom stereocenters. The molecular weight excluding hydrogens is 310 g/mol. The Morgan fingerprint density at radius 3 is 2.95 bits per heavy atom. The molecule has 122 valence electrons. The third-order valence-corrected chi connectivity index (χ3v) is 5.38. The fourth-order valence-corrected chi connectivity index (χ4v) is 4.22. The van der Waals surface area contributed by atoms with Crippen molar-refractivity contribution in [3.63, 3.8) is 0 Å². The zero-order valence-corrected chi connectivity index (χ0v) is 13.4. The van der Waals surface area contributed by atoms with E-state index in [1.165, 1.54) is 30.2 Å². The Morgan fingerprint density at radius 2 is 2.18 bits per heavy atom. The molecule has 2 fully saturated rings. The van der Waals surface area contributed by atoms with Crippen LogP contribution in [0.2, 0.25) is 0 Å². The number of piperidine rings is 1. The minimum absolute atomic E-state index is 0.00794. The number of carbonyl (C=O) groups excluding carboxylic acids is 1. The molecule has 0 aliphatic carbocycles. The Balaban J connectivity index is 1.73. The van der Waals surface area contributed by atoms with Crippen LogP contribution in [-0.2, 0) is 0 Å². The molecule has 1 aromatic rings. The molecule has 0 spiro atoms. The molecule has 1 unspecified atom stereocenters. The molecule has 0 saturated carbocycles. The summed E-state index contributed by atoms with van der Waals surface area (Å²) < 4.78 is 29.5. The van der Waals surface area contributed by atoms with Crippen molar-refractivity contribution in [1.29, 1.82) is 0 Å². The molecule has 2 saturated heterocycles. The first kappa shape index (κ1) is 15.7. The third kappa shape index (κ3) is 3.25. The number of ether oxygens (including phenoxy) is 1. The number of nitrogens with zero attached hydrogens (tertiary/aromatic N) is 2. The Kier molecular flexibility index (Phi) is 4.63.